The van der Waals surface area contributed by atoms with Crippen molar-refractivity contribution in [3.63, 3.8) is 0 Å². The molecule has 2 aromatic carbocycles. The zero-order chi connectivity index (χ0) is 15.7. The molecule has 2 aromatic rings. The number of rotatable bonds is 0. The summed E-state index contributed by atoms with van der Waals surface area (Å²) in [6.07, 6.45) is 10.4. The third kappa shape index (κ3) is 8.17. The van der Waals surface area contributed by atoms with Gasteiger partial charge in [-0.2, -0.15) is 23.6 Å². The van der Waals surface area contributed by atoms with Gasteiger partial charge in [-0.3, -0.25) is 6.08 Å². The van der Waals surface area contributed by atoms with E-state index in [1.165, 1.54) is 14.0 Å². The van der Waals surface area contributed by atoms with Crippen LogP contribution in [0.25, 0.3) is 10.8 Å². The Morgan fingerprint density at radius 3 is 2.33 bits per heavy atom. The van der Waals surface area contributed by atoms with Gasteiger partial charge in [0.05, 0.1) is 0 Å². The van der Waals surface area contributed by atoms with Crippen molar-refractivity contribution in [3.05, 3.63) is 66.8 Å². The van der Waals surface area contributed by atoms with Gasteiger partial charge in [-0.05, 0) is 0 Å². The van der Waals surface area contributed by atoms with Gasteiger partial charge in [-0.25, -0.2) is 12.2 Å². The topological polar surface area (TPSA) is 0 Å². The monoisotopic (exact) mass is 354 g/mol. The molecule has 0 unspecified atom stereocenters. The van der Waals surface area contributed by atoms with E-state index in [9.17, 15) is 0 Å². The van der Waals surface area contributed by atoms with E-state index < -0.39 is 0 Å². The molecular formula is C20H24Zr. The van der Waals surface area contributed by atoms with Crippen molar-refractivity contribution in [2.75, 3.05) is 0 Å². The molecule has 0 radical (unpaired) electrons. The van der Waals surface area contributed by atoms with E-state index in [0.29, 0.717) is 5.41 Å². The molecule has 0 saturated heterocycles. The number of hydrogen-bond acceptors (Lipinski definition) is 0. The minimum atomic E-state index is 0.380. The zero-order valence-corrected chi connectivity index (χ0v) is 15.9. The molecule has 0 saturated carbocycles. The minimum absolute atomic E-state index is 0.380. The first-order valence-electron chi connectivity index (χ1n) is 7.28. The van der Waals surface area contributed by atoms with Crippen molar-refractivity contribution < 1.29 is 24.2 Å². The van der Waals surface area contributed by atoms with Crippen LogP contribution in [0.3, 0.4) is 0 Å². The third-order valence-corrected chi connectivity index (χ3v) is 2.92. The van der Waals surface area contributed by atoms with E-state index in [0.717, 1.165) is 6.42 Å². The average Bonchev–Trinajstić information content (AvgIpc) is 2.86. The van der Waals surface area contributed by atoms with Crippen LogP contribution in [0.4, 0.5) is 0 Å². The molecule has 0 heterocycles. The number of fused-ring (bicyclic) bond motifs is 1. The Morgan fingerprint density at radius 1 is 1.19 bits per heavy atom. The van der Waals surface area contributed by atoms with Crippen molar-refractivity contribution >= 4 is 14.0 Å². The summed E-state index contributed by atoms with van der Waals surface area (Å²) >= 11 is 1.55. The quantitative estimate of drug-likeness (QED) is 0.537. The van der Waals surface area contributed by atoms with Crippen LogP contribution in [0.2, 0.25) is 0 Å². The molecule has 21 heavy (non-hydrogen) atoms. The zero-order valence-electron chi connectivity index (χ0n) is 13.5. The second-order valence-electron chi connectivity index (χ2n) is 6.05. The van der Waals surface area contributed by atoms with Crippen LogP contribution in [0.15, 0.2) is 60.7 Å². The predicted octanol–water partition coefficient (Wildman–Crippen LogP) is 5.64. The van der Waals surface area contributed by atoms with Crippen molar-refractivity contribution in [1.82, 2.24) is 0 Å². The fraction of sp³-hybridized carbons (Fsp3) is 0.300. The molecule has 0 amide bonds. The minimum Gasteiger partial charge on any atom is -0.168 e. The second-order valence-corrected chi connectivity index (χ2v) is 8.51. The molecule has 0 N–H and O–H groups in total. The predicted molar refractivity (Wildman–Crippen MR) is 91.2 cm³/mol. The maximum Gasteiger partial charge on any atom is -0.0809 e. The Bertz CT molecular complexity index is 577. The van der Waals surface area contributed by atoms with Crippen molar-refractivity contribution in [3.8, 4) is 0 Å². The van der Waals surface area contributed by atoms with E-state index in [1.807, 2.05) is 6.08 Å². The standard InChI is InChI=1S/C9H7.C8H11.C3H6.Zr/c1-2-5-9-7-3-6-8(9)4-1;1-8(2)6-4-3-5-7-8;1-3-2;/h1-7H;4-6H,7H2,1-2H3;1-2H3;/q2*-1;;+2. The largest absolute Gasteiger partial charge is 0.168 e. The van der Waals surface area contributed by atoms with Gasteiger partial charge in [-0.15, -0.1) is 29.7 Å². The molecule has 1 heteroatoms. The average molecular weight is 356 g/mol. The van der Waals surface area contributed by atoms with Crippen LogP contribution in [0.5, 0.6) is 0 Å². The Balaban J connectivity index is 0.000000171. The molecule has 1 aliphatic carbocycles. The summed E-state index contributed by atoms with van der Waals surface area (Å²) in [4.78, 5) is 0. The first-order valence-corrected chi connectivity index (χ1v) is 8.51. The Hall–Kier alpha value is -0.937. The van der Waals surface area contributed by atoms with Crippen LogP contribution in [-0.4, -0.2) is 3.21 Å². The summed E-state index contributed by atoms with van der Waals surface area (Å²) in [5.41, 5.74) is 0.380. The van der Waals surface area contributed by atoms with Gasteiger partial charge in [0.15, 0.2) is 0 Å². The smallest absolute Gasteiger partial charge is 0.0809 e. The Kier molecular flexibility index (Phi) is 7.90. The van der Waals surface area contributed by atoms with E-state index in [-0.39, 0.29) is 0 Å². The van der Waals surface area contributed by atoms with Gasteiger partial charge >= 0.3 is 41.3 Å². The van der Waals surface area contributed by atoms with Crippen LogP contribution in [0, 0.1) is 11.5 Å². The van der Waals surface area contributed by atoms with Gasteiger partial charge in [0.1, 0.15) is 0 Å². The fourth-order valence-electron chi connectivity index (χ4n) is 1.80. The second kappa shape index (κ2) is 9.16. The summed E-state index contributed by atoms with van der Waals surface area (Å²) < 4.78 is 1.51. The van der Waals surface area contributed by atoms with Gasteiger partial charge in [-0.1, -0.05) is 31.7 Å². The van der Waals surface area contributed by atoms with E-state index in [4.69, 9.17) is 0 Å². The number of benzene rings is 1. The van der Waals surface area contributed by atoms with Gasteiger partial charge in [0.2, 0.25) is 0 Å². The van der Waals surface area contributed by atoms with E-state index >= 15 is 0 Å². The first kappa shape index (κ1) is 18.1. The molecule has 0 spiro atoms. The SMILES string of the molecule is CC1(C)C=C[C-]=CC1.C[C](C)=[Zr+2].c1ccc2[cH-]ccc2c1. The number of allylic oxidation sites excluding steroid dienone is 4. The summed E-state index contributed by atoms with van der Waals surface area (Å²) in [6.45, 7) is 8.69. The molecular weight excluding hydrogens is 331 g/mol. The Labute approximate surface area is 144 Å². The summed E-state index contributed by atoms with van der Waals surface area (Å²) in [5.74, 6) is 0. The van der Waals surface area contributed by atoms with Crippen LogP contribution < -0.4 is 0 Å². The molecule has 0 aromatic heterocycles. The summed E-state index contributed by atoms with van der Waals surface area (Å²) in [5, 5.41) is 2.66. The van der Waals surface area contributed by atoms with Crippen molar-refractivity contribution in [1.29, 1.82) is 0 Å². The first-order chi connectivity index (χ1) is 9.91. The molecule has 0 aliphatic heterocycles. The maximum absolute atomic E-state index is 3.03. The molecule has 3 rings (SSSR count). The van der Waals surface area contributed by atoms with Crippen LogP contribution >= 0.6 is 0 Å². The fourth-order valence-corrected chi connectivity index (χ4v) is 1.80. The van der Waals surface area contributed by atoms with Crippen molar-refractivity contribution in [2.45, 2.75) is 34.1 Å². The summed E-state index contributed by atoms with van der Waals surface area (Å²) in [7, 11) is 0. The molecule has 1 aliphatic rings. The van der Waals surface area contributed by atoms with Gasteiger partial charge < -0.3 is 0 Å². The maximum atomic E-state index is 3.03. The van der Waals surface area contributed by atoms with Gasteiger partial charge in [0.25, 0.3) is 0 Å². The molecule has 108 valence electrons. The molecule has 0 atom stereocenters. The Morgan fingerprint density at radius 2 is 1.86 bits per heavy atom. The van der Waals surface area contributed by atoms with Crippen molar-refractivity contribution in [2.24, 2.45) is 5.41 Å². The molecule has 0 fully saturated rings. The number of hydrogen-bond donors (Lipinski definition) is 0. The van der Waals surface area contributed by atoms with E-state index in [2.05, 4.69) is 88.4 Å². The molecule has 0 nitrogen and oxygen atoms in total. The normalized spacial score (nSPS) is 14.8. The summed E-state index contributed by atoms with van der Waals surface area (Å²) in [6, 6.07) is 14.7. The van der Waals surface area contributed by atoms with Crippen LogP contribution in [-0.2, 0) is 24.2 Å². The van der Waals surface area contributed by atoms with Crippen LogP contribution in [0.1, 0.15) is 34.1 Å². The third-order valence-electron chi connectivity index (χ3n) is 2.92. The van der Waals surface area contributed by atoms with Gasteiger partial charge in [0, 0.05) is 0 Å². The molecule has 0 bridgehead atoms. The van der Waals surface area contributed by atoms with E-state index in [1.54, 1.807) is 24.2 Å².